The molecule has 1 unspecified atom stereocenters. The van der Waals surface area contributed by atoms with Crippen molar-refractivity contribution in [2.75, 3.05) is 13.7 Å². The second-order valence-corrected chi connectivity index (χ2v) is 8.28. The molecule has 1 saturated heterocycles. The van der Waals surface area contributed by atoms with E-state index in [4.69, 9.17) is 13.9 Å². The Morgan fingerprint density at radius 1 is 1.37 bits per heavy atom. The smallest absolute Gasteiger partial charge is 0.411 e. The number of aromatic nitrogens is 2. The van der Waals surface area contributed by atoms with Gasteiger partial charge in [0.1, 0.15) is 28.3 Å². The number of furan rings is 1. The lowest BCUT2D eigenvalue weighted by molar-refractivity contribution is -0.00248. The fourth-order valence-electron chi connectivity index (χ4n) is 3.51. The van der Waals surface area contributed by atoms with Gasteiger partial charge in [0.2, 0.25) is 5.58 Å². The third-order valence-electron chi connectivity index (χ3n) is 4.76. The topological polar surface area (TPSA) is 97.7 Å². The molecular weight excluding hydrogens is 400 g/mol. The Kier molecular flexibility index (Phi) is 4.48. The van der Waals surface area contributed by atoms with Crippen LogP contribution in [0.4, 0.5) is 13.6 Å². The van der Waals surface area contributed by atoms with E-state index in [1.807, 2.05) is 0 Å². The fraction of sp³-hybridized carbons (Fsp3) is 0.450. The highest BCUT2D eigenvalue weighted by atomic mass is 19.3. The molecule has 0 bridgehead atoms. The van der Waals surface area contributed by atoms with Crippen LogP contribution in [0.25, 0.3) is 22.1 Å². The van der Waals surface area contributed by atoms with Crippen molar-refractivity contribution in [3.8, 4) is 5.75 Å². The number of benzene rings is 1. The molecule has 1 amide bonds. The number of nitrogens with zero attached hydrogens (tertiary/aromatic N) is 2. The Bertz CT molecular complexity index is 1190. The number of nitrogens with one attached hydrogen (secondary N) is 1. The van der Waals surface area contributed by atoms with Crippen LogP contribution >= 0.6 is 0 Å². The summed E-state index contributed by atoms with van der Waals surface area (Å²) in [5.74, 6) is -2.67. The third kappa shape index (κ3) is 3.57. The van der Waals surface area contributed by atoms with Crippen molar-refractivity contribution in [2.45, 2.75) is 44.8 Å². The van der Waals surface area contributed by atoms with Gasteiger partial charge in [0.05, 0.1) is 25.1 Å². The summed E-state index contributed by atoms with van der Waals surface area (Å²) in [6, 6.07) is 3.79. The molecule has 1 aliphatic heterocycles. The number of rotatable bonds is 2. The second-order valence-electron chi connectivity index (χ2n) is 8.28. The molecule has 1 atom stereocenters. The van der Waals surface area contributed by atoms with Crippen molar-refractivity contribution in [2.24, 2.45) is 0 Å². The van der Waals surface area contributed by atoms with Crippen molar-refractivity contribution in [3.05, 3.63) is 34.4 Å². The highest BCUT2D eigenvalue weighted by Crippen LogP contribution is 2.41. The lowest BCUT2D eigenvalue weighted by Gasteiger charge is -2.27. The van der Waals surface area contributed by atoms with Crippen LogP contribution in [0.1, 0.15) is 39.1 Å². The normalized spacial score (nSPS) is 18.9. The highest BCUT2D eigenvalue weighted by Gasteiger charge is 2.50. The summed E-state index contributed by atoms with van der Waals surface area (Å²) in [6.45, 7) is 4.11. The molecule has 1 aliphatic rings. The Labute approximate surface area is 169 Å². The van der Waals surface area contributed by atoms with Crippen molar-refractivity contribution >= 4 is 28.2 Å². The largest absolute Gasteiger partial charge is 0.497 e. The lowest BCUT2D eigenvalue weighted by Crippen LogP contribution is -2.38. The number of hydrogen-bond acceptors (Lipinski definition) is 6. The Balaban J connectivity index is 1.83. The van der Waals surface area contributed by atoms with Crippen molar-refractivity contribution in [1.82, 2.24) is 14.9 Å². The molecule has 8 nitrogen and oxygen atoms in total. The average molecular weight is 421 g/mol. The fourth-order valence-corrected chi connectivity index (χ4v) is 3.51. The van der Waals surface area contributed by atoms with Gasteiger partial charge in [-0.2, -0.15) is 0 Å². The van der Waals surface area contributed by atoms with Gasteiger partial charge < -0.3 is 18.9 Å². The number of fused-ring (bicyclic) bond motifs is 3. The van der Waals surface area contributed by atoms with E-state index in [0.29, 0.717) is 16.7 Å². The molecule has 10 heteroatoms. The van der Waals surface area contributed by atoms with Gasteiger partial charge in [0.25, 0.3) is 11.5 Å². The maximum Gasteiger partial charge on any atom is 0.411 e. The predicted molar refractivity (Wildman–Crippen MR) is 104 cm³/mol. The van der Waals surface area contributed by atoms with Crippen molar-refractivity contribution < 1.29 is 27.5 Å². The molecule has 1 aromatic carbocycles. The minimum atomic E-state index is -3.14. The summed E-state index contributed by atoms with van der Waals surface area (Å²) in [5.41, 5.74) is -0.898. The van der Waals surface area contributed by atoms with E-state index in [1.165, 1.54) is 7.11 Å². The highest BCUT2D eigenvalue weighted by molar-refractivity contribution is 6.02. The average Bonchev–Trinajstić information content (AvgIpc) is 3.17. The summed E-state index contributed by atoms with van der Waals surface area (Å²) >= 11 is 0. The number of ether oxygens (including phenoxy) is 2. The van der Waals surface area contributed by atoms with Crippen LogP contribution in [-0.4, -0.2) is 46.1 Å². The third-order valence-corrected chi connectivity index (χ3v) is 4.76. The van der Waals surface area contributed by atoms with E-state index < -0.39 is 42.2 Å². The number of halogens is 2. The van der Waals surface area contributed by atoms with Crippen LogP contribution in [0.15, 0.2) is 27.4 Å². The first-order valence-corrected chi connectivity index (χ1v) is 9.35. The molecule has 2 aromatic heterocycles. The van der Waals surface area contributed by atoms with Crippen molar-refractivity contribution in [1.29, 1.82) is 0 Å². The number of amides is 1. The monoisotopic (exact) mass is 421 g/mol. The van der Waals surface area contributed by atoms with E-state index in [-0.39, 0.29) is 16.9 Å². The lowest BCUT2D eigenvalue weighted by atomic mass is 10.1. The molecule has 30 heavy (non-hydrogen) atoms. The van der Waals surface area contributed by atoms with E-state index in [1.54, 1.807) is 39.0 Å². The van der Waals surface area contributed by atoms with Gasteiger partial charge in [-0.25, -0.2) is 18.6 Å². The number of carbonyl (C=O) groups is 1. The van der Waals surface area contributed by atoms with Gasteiger partial charge in [0.15, 0.2) is 0 Å². The van der Waals surface area contributed by atoms with E-state index in [9.17, 15) is 18.4 Å². The number of aromatic amines is 1. The zero-order valence-corrected chi connectivity index (χ0v) is 16.9. The molecule has 0 aliphatic carbocycles. The van der Waals surface area contributed by atoms with Crippen LogP contribution in [-0.2, 0) is 4.74 Å². The second kappa shape index (κ2) is 6.68. The Hall–Kier alpha value is -3.17. The standard InChI is InChI=1S/C20H21F2N3O5/c1-19(2,3)30-18(27)25-9-20(21,22)8-12(25)16-23-14-11-7-10(28-4)5-6-13(11)29-15(14)17(26)24-16/h5-7,12H,8-9H2,1-4H3,(H,23,24,26). The number of alkyl halides is 2. The van der Waals surface area contributed by atoms with Crippen molar-refractivity contribution in [3.63, 3.8) is 0 Å². The SMILES string of the molecule is COc1ccc2oc3c(=O)[nH]c(C4CC(F)(F)CN4C(=O)OC(C)(C)C)nc3c2c1. The molecule has 0 spiro atoms. The summed E-state index contributed by atoms with van der Waals surface area (Å²) < 4.78 is 44.5. The molecule has 160 valence electrons. The first-order chi connectivity index (χ1) is 14.0. The minimum absolute atomic E-state index is 0.0319. The molecule has 0 radical (unpaired) electrons. The number of H-pyrrole nitrogens is 1. The van der Waals surface area contributed by atoms with Crippen LogP contribution in [0.5, 0.6) is 5.75 Å². The predicted octanol–water partition coefficient (Wildman–Crippen LogP) is 4.00. The van der Waals surface area contributed by atoms with E-state index in [0.717, 1.165) is 4.90 Å². The van der Waals surface area contributed by atoms with Gasteiger partial charge in [-0.3, -0.25) is 9.69 Å². The first-order valence-electron chi connectivity index (χ1n) is 9.35. The van der Waals surface area contributed by atoms with Gasteiger partial charge in [-0.1, -0.05) is 0 Å². The molecule has 1 fully saturated rings. The van der Waals surface area contributed by atoms with Crippen LogP contribution in [0.3, 0.4) is 0 Å². The van der Waals surface area contributed by atoms with Gasteiger partial charge in [-0.15, -0.1) is 0 Å². The maximum atomic E-state index is 14.2. The van der Waals surface area contributed by atoms with E-state index in [2.05, 4.69) is 9.97 Å². The molecular formula is C20H21F2N3O5. The minimum Gasteiger partial charge on any atom is -0.497 e. The summed E-state index contributed by atoms with van der Waals surface area (Å²) in [7, 11) is 1.49. The van der Waals surface area contributed by atoms with Gasteiger partial charge in [0, 0.05) is 6.42 Å². The summed E-state index contributed by atoms with van der Waals surface area (Å²) in [4.78, 5) is 32.9. The van der Waals surface area contributed by atoms with Crippen LogP contribution in [0.2, 0.25) is 0 Å². The quantitative estimate of drug-likeness (QED) is 0.672. The summed E-state index contributed by atoms with van der Waals surface area (Å²) in [6.07, 6.45) is -1.58. The zero-order chi connectivity index (χ0) is 21.8. The molecule has 1 N–H and O–H groups in total. The molecule has 3 aromatic rings. The molecule has 0 saturated carbocycles. The van der Waals surface area contributed by atoms with Gasteiger partial charge >= 0.3 is 6.09 Å². The number of likely N-dealkylation sites (tertiary alicyclic amines) is 1. The van der Waals surface area contributed by atoms with Crippen LogP contribution < -0.4 is 10.3 Å². The van der Waals surface area contributed by atoms with Crippen LogP contribution in [0, 0.1) is 0 Å². The zero-order valence-electron chi connectivity index (χ0n) is 16.9. The maximum absolute atomic E-state index is 14.2. The number of methoxy groups -OCH3 is 1. The molecule has 3 heterocycles. The Morgan fingerprint density at radius 2 is 2.10 bits per heavy atom. The first kappa shape index (κ1) is 20.1. The van der Waals surface area contributed by atoms with Gasteiger partial charge in [-0.05, 0) is 39.0 Å². The number of hydrogen-bond donors (Lipinski definition) is 1. The van der Waals surface area contributed by atoms with E-state index >= 15 is 0 Å². The Morgan fingerprint density at radius 3 is 2.77 bits per heavy atom. The molecule has 4 rings (SSSR count). The summed E-state index contributed by atoms with van der Waals surface area (Å²) in [5, 5.41) is 0.505. The number of carbonyl (C=O) groups excluding carboxylic acids is 1.